The zero-order valence-corrected chi connectivity index (χ0v) is 19.7. The summed E-state index contributed by atoms with van der Waals surface area (Å²) in [6, 6.07) is -1.38. The Morgan fingerprint density at radius 1 is 0.703 bits per heavy atom. The molecule has 0 aromatic rings. The summed E-state index contributed by atoms with van der Waals surface area (Å²) in [6.07, 6.45) is -22.7. The van der Waals surface area contributed by atoms with Gasteiger partial charge in [-0.25, -0.2) is 0 Å². The first kappa shape index (κ1) is 30.4. The second-order valence-electron chi connectivity index (χ2n) is 9.11. The number of hydrogen-bond donors (Lipinski definition) is 11. The van der Waals surface area contributed by atoms with Crippen molar-refractivity contribution >= 4 is 5.91 Å². The molecule has 11 N–H and O–H groups in total. The van der Waals surface area contributed by atoms with Crippen LogP contribution in [0.1, 0.15) is 6.92 Å². The van der Waals surface area contributed by atoms with Gasteiger partial charge in [0, 0.05) is 6.92 Å². The van der Waals surface area contributed by atoms with E-state index in [0.29, 0.717) is 0 Å². The summed E-state index contributed by atoms with van der Waals surface area (Å²) < 4.78 is 27.0. The molecular formula is C20H35NO16. The number of aliphatic hydroxyl groups excluding tert-OH is 10. The third-order valence-corrected chi connectivity index (χ3v) is 6.47. The number of nitrogens with one attached hydrogen (secondary N) is 1. The normalized spacial score (nSPS) is 49.0. The minimum absolute atomic E-state index is 0.564. The van der Waals surface area contributed by atoms with Gasteiger partial charge in [-0.2, -0.15) is 0 Å². The number of hydrogen-bond acceptors (Lipinski definition) is 16. The Bertz CT molecular complexity index is 745. The zero-order valence-electron chi connectivity index (χ0n) is 19.7. The van der Waals surface area contributed by atoms with Crippen molar-refractivity contribution in [1.29, 1.82) is 0 Å². The summed E-state index contributed by atoms with van der Waals surface area (Å²) in [7, 11) is 0. The van der Waals surface area contributed by atoms with Crippen LogP contribution in [0.15, 0.2) is 0 Å². The van der Waals surface area contributed by atoms with Crippen molar-refractivity contribution < 1.29 is 79.5 Å². The molecule has 17 heteroatoms. The van der Waals surface area contributed by atoms with Crippen molar-refractivity contribution in [2.24, 2.45) is 0 Å². The number of amides is 1. The Morgan fingerprint density at radius 3 is 1.86 bits per heavy atom. The molecule has 17 nitrogen and oxygen atoms in total. The predicted molar refractivity (Wildman–Crippen MR) is 113 cm³/mol. The van der Waals surface area contributed by atoms with E-state index in [9.17, 15) is 55.9 Å². The van der Waals surface area contributed by atoms with Crippen LogP contribution in [0.3, 0.4) is 0 Å². The highest BCUT2D eigenvalue weighted by Crippen LogP contribution is 2.30. The summed E-state index contributed by atoms with van der Waals surface area (Å²) in [5, 5.41) is 102. The molecule has 0 aliphatic carbocycles. The molecule has 3 aliphatic rings. The Hall–Kier alpha value is -1.13. The number of rotatable bonds is 8. The van der Waals surface area contributed by atoms with E-state index in [0.717, 1.165) is 6.92 Å². The van der Waals surface area contributed by atoms with Gasteiger partial charge in [0.05, 0.1) is 19.8 Å². The maximum Gasteiger partial charge on any atom is 0.217 e. The Kier molecular flexibility index (Phi) is 10.5. The molecule has 0 spiro atoms. The first-order valence-corrected chi connectivity index (χ1v) is 11.6. The van der Waals surface area contributed by atoms with Gasteiger partial charge in [-0.3, -0.25) is 4.79 Å². The van der Waals surface area contributed by atoms with Gasteiger partial charge in [-0.1, -0.05) is 0 Å². The molecule has 0 aromatic heterocycles. The molecule has 37 heavy (non-hydrogen) atoms. The highest BCUT2D eigenvalue weighted by molar-refractivity contribution is 5.73. The number of carbonyl (C=O) groups is 1. The largest absolute Gasteiger partial charge is 0.394 e. The smallest absolute Gasteiger partial charge is 0.217 e. The molecule has 0 aromatic carbocycles. The minimum Gasteiger partial charge on any atom is -0.394 e. The highest BCUT2D eigenvalue weighted by Gasteiger charge is 2.52. The molecule has 0 saturated carbocycles. The molecule has 3 aliphatic heterocycles. The fourth-order valence-electron chi connectivity index (χ4n) is 4.36. The topological polar surface area (TPSA) is 278 Å². The molecule has 3 heterocycles. The lowest BCUT2D eigenvalue weighted by Crippen LogP contribution is -2.68. The van der Waals surface area contributed by atoms with E-state index in [1.807, 2.05) is 0 Å². The van der Waals surface area contributed by atoms with Crippen LogP contribution in [0.4, 0.5) is 0 Å². The first-order valence-electron chi connectivity index (χ1n) is 11.6. The predicted octanol–water partition coefficient (Wildman–Crippen LogP) is -7.43. The van der Waals surface area contributed by atoms with E-state index in [-0.39, 0.29) is 0 Å². The van der Waals surface area contributed by atoms with Gasteiger partial charge in [0.1, 0.15) is 73.2 Å². The Morgan fingerprint density at radius 2 is 1.27 bits per heavy atom. The molecule has 0 radical (unpaired) electrons. The van der Waals surface area contributed by atoms with Gasteiger partial charge < -0.3 is 80.1 Å². The van der Waals surface area contributed by atoms with Gasteiger partial charge in [0.15, 0.2) is 18.9 Å². The molecule has 0 bridgehead atoms. The van der Waals surface area contributed by atoms with E-state index in [2.05, 4.69) is 5.32 Å². The van der Waals surface area contributed by atoms with Crippen molar-refractivity contribution in [3.63, 3.8) is 0 Å². The molecule has 15 atom stereocenters. The van der Waals surface area contributed by atoms with Crippen molar-refractivity contribution in [3.05, 3.63) is 0 Å². The lowest BCUT2D eigenvalue weighted by Gasteiger charge is -2.47. The summed E-state index contributed by atoms with van der Waals surface area (Å²) in [4.78, 5) is 11.8. The van der Waals surface area contributed by atoms with Gasteiger partial charge in [-0.05, 0) is 0 Å². The van der Waals surface area contributed by atoms with E-state index < -0.39 is 118 Å². The average Bonchev–Trinajstić information content (AvgIpc) is 2.86. The molecule has 3 fully saturated rings. The standard InChI is InChI=1S/C20H35NO16/c1-5(24)21-9-12(27)17(37-20-16(31)14(29)10(25)6(2-22)35-20)7(3-23)36-19(9)33-4-8-11(26)13(28)15(30)18(32)34-8/h6-20,22-23,25-32H,2-4H2,1H3,(H,21,24)/t6-,7-,8-,9-,10+,11+,12-,13+,14+,15-,16-,17-,18+,19-,20+/m1/s1. The summed E-state index contributed by atoms with van der Waals surface area (Å²) in [6.45, 7) is -0.959. The van der Waals surface area contributed by atoms with Crippen molar-refractivity contribution in [2.75, 3.05) is 19.8 Å². The van der Waals surface area contributed by atoms with Gasteiger partial charge in [0.2, 0.25) is 5.91 Å². The van der Waals surface area contributed by atoms with Crippen LogP contribution >= 0.6 is 0 Å². The second kappa shape index (κ2) is 12.8. The maximum absolute atomic E-state index is 11.8. The van der Waals surface area contributed by atoms with Gasteiger partial charge in [0.25, 0.3) is 0 Å². The van der Waals surface area contributed by atoms with E-state index in [1.54, 1.807) is 0 Å². The van der Waals surface area contributed by atoms with Crippen LogP contribution in [-0.4, -0.2) is 169 Å². The Balaban J connectivity index is 1.74. The van der Waals surface area contributed by atoms with Crippen LogP contribution < -0.4 is 5.32 Å². The lowest BCUT2D eigenvalue weighted by molar-refractivity contribution is -0.352. The fourth-order valence-corrected chi connectivity index (χ4v) is 4.36. The average molecular weight is 545 g/mol. The highest BCUT2D eigenvalue weighted by atomic mass is 16.7. The zero-order chi connectivity index (χ0) is 27.6. The van der Waals surface area contributed by atoms with E-state index >= 15 is 0 Å². The molecule has 0 unspecified atom stereocenters. The molecule has 216 valence electrons. The van der Waals surface area contributed by atoms with Crippen molar-refractivity contribution in [2.45, 2.75) is 99.0 Å². The summed E-state index contributed by atoms with van der Waals surface area (Å²) in [5.41, 5.74) is 0. The maximum atomic E-state index is 11.8. The minimum atomic E-state index is -1.84. The molecule has 3 saturated heterocycles. The number of aliphatic hydroxyl groups is 10. The van der Waals surface area contributed by atoms with Crippen LogP contribution in [0, 0.1) is 0 Å². The quantitative estimate of drug-likeness (QED) is 0.135. The number of carbonyl (C=O) groups excluding carboxylic acids is 1. The Labute approximate surface area is 210 Å². The SMILES string of the molecule is CC(=O)N[C@H]1[C@H](OC[C@H]2O[C@H](O)[C@H](O)[C@@H](O)[C@H]2O)O[C@H](CO)[C@@H](O[C@@H]2O[C@H](CO)[C@H](O)[C@H](O)[C@H]2O)[C@@H]1O. The monoisotopic (exact) mass is 545 g/mol. The van der Waals surface area contributed by atoms with Crippen LogP contribution in [0.25, 0.3) is 0 Å². The third-order valence-electron chi connectivity index (χ3n) is 6.47. The molecular weight excluding hydrogens is 510 g/mol. The lowest BCUT2D eigenvalue weighted by atomic mass is 9.95. The van der Waals surface area contributed by atoms with E-state index in [4.69, 9.17) is 23.7 Å². The summed E-state index contributed by atoms with van der Waals surface area (Å²) >= 11 is 0. The first-order chi connectivity index (χ1) is 17.4. The van der Waals surface area contributed by atoms with Crippen LogP contribution in [-0.2, 0) is 28.5 Å². The second-order valence-corrected chi connectivity index (χ2v) is 9.11. The van der Waals surface area contributed by atoms with Crippen molar-refractivity contribution in [1.82, 2.24) is 5.32 Å². The van der Waals surface area contributed by atoms with Crippen molar-refractivity contribution in [3.8, 4) is 0 Å². The van der Waals surface area contributed by atoms with E-state index in [1.165, 1.54) is 0 Å². The van der Waals surface area contributed by atoms with Gasteiger partial charge in [-0.15, -0.1) is 0 Å². The third kappa shape index (κ3) is 6.55. The molecule has 1 amide bonds. The number of ether oxygens (including phenoxy) is 5. The van der Waals surface area contributed by atoms with Crippen LogP contribution in [0.5, 0.6) is 0 Å². The van der Waals surface area contributed by atoms with Crippen LogP contribution in [0.2, 0.25) is 0 Å². The summed E-state index contributed by atoms with van der Waals surface area (Å²) in [5.74, 6) is -0.641. The fraction of sp³-hybridized carbons (Fsp3) is 0.950. The molecule has 3 rings (SSSR count). The van der Waals surface area contributed by atoms with Gasteiger partial charge >= 0.3 is 0 Å².